The van der Waals surface area contributed by atoms with Crippen LogP contribution in [0.5, 0.6) is 0 Å². The number of aryl methyl sites for hydroxylation is 1. The lowest BCUT2D eigenvalue weighted by Gasteiger charge is -2.09. The van der Waals surface area contributed by atoms with E-state index in [0.29, 0.717) is 10.4 Å². The maximum Gasteiger partial charge on any atom is 0.153 e. The van der Waals surface area contributed by atoms with Gasteiger partial charge in [-0.05, 0) is 22.0 Å². The highest BCUT2D eigenvalue weighted by atomic mass is 79.9. The average molecular weight is 269 g/mol. The third kappa shape index (κ3) is 1.88. The van der Waals surface area contributed by atoms with Crippen LogP contribution in [0.15, 0.2) is 23.1 Å². The Hall–Kier alpha value is -1.34. The van der Waals surface area contributed by atoms with Crippen molar-refractivity contribution in [3.05, 3.63) is 34.6 Å². The Morgan fingerprint density at radius 2 is 2.07 bits per heavy atom. The van der Waals surface area contributed by atoms with Gasteiger partial charge in [0, 0.05) is 19.4 Å². The van der Waals surface area contributed by atoms with Crippen LogP contribution < -0.4 is 5.73 Å². The number of aromatic nitrogens is 5. The van der Waals surface area contributed by atoms with Crippen LogP contribution in [0.25, 0.3) is 0 Å². The fourth-order valence-electron chi connectivity index (χ4n) is 1.26. The first-order valence-corrected chi connectivity index (χ1v) is 5.07. The highest BCUT2D eigenvalue weighted by Crippen LogP contribution is 2.21. The summed E-state index contributed by atoms with van der Waals surface area (Å²) in [6.07, 6.45) is 3.31. The van der Waals surface area contributed by atoms with Gasteiger partial charge in [0.25, 0.3) is 0 Å². The Bertz CT molecular complexity index is 434. The first-order chi connectivity index (χ1) is 7.20. The van der Waals surface area contributed by atoms with Crippen LogP contribution in [0, 0.1) is 0 Å². The van der Waals surface area contributed by atoms with Crippen molar-refractivity contribution in [3.63, 3.8) is 0 Å². The summed E-state index contributed by atoms with van der Waals surface area (Å²) in [5.41, 5.74) is 6.76. The van der Waals surface area contributed by atoms with Gasteiger partial charge in [0.1, 0.15) is 6.04 Å². The molecule has 0 radical (unpaired) electrons. The van der Waals surface area contributed by atoms with Crippen LogP contribution in [-0.2, 0) is 7.05 Å². The van der Waals surface area contributed by atoms with Crippen molar-refractivity contribution in [1.29, 1.82) is 0 Å². The van der Waals surface area contributed by atoms with Gasteiger partial charge in [-0.25, -0.2) is 14.6 Å². The molecule has 6 nitrogen and oxygen atoms in total. The minimum absolute atomic E-state index is 0.430. The molecule has 78 valence electrons. The number of rotatable bonds is 2. The maximum absolute atomic E-state index is 6.01. The molecule has 2 rings (SSSR count). The predicted molar refractivity (Wildman–Crippen MR) is 56.8 cm³/mol. The van der Waals surface area contributed by atoms with Crippen LogP contribution in [0.4, 0.5) is 0 Å². The van der Waals surface area contributed by atoms with E-state index in [1.165, 1.54) is 0 Å². The highest BCUT2D eigenvalue weighted by Gasteiger charge is 2.19. The van der Waals surface area contributed by atoms with E-state index in [-0.39, 0.29) is 0 Å². The van der Waals surface area contributed by atoms with Gasteiger partial charge in [0.2, 0.25) is 0 Å². The van der Waals surface area contributed by atoms with Crippen LogP contribution in [0.3, 0.4) is 0 Å². The van der Waals surface area contributed by atoms with Gasteiger partial charge in [0.15, 0.2) is 10.4 Å². The summed E-state index contributed by atoms with van der Waals surface area (Å²) in [5, 5.41) is 7.70. The summed E-state index contributed by atoms with van der Waals surface area (Å²) in [6.45, 7) is 0. The molecule has 0 aromatic carbocycles. The van der Waals surface area contributed by atoms with Gasteiger partial charge >= 0.3 is 0 Å². The van der Waals surface area contributed by atoms with Crippen LogP contribution in [-0.4, -0.2) is 25.0 Å². The number of hydrogen-bond donors (Lipinski definition) is 1. The SMILES string of the molecule is Cn1nnc(Br)c1C(N)c1ncccn1. The zero-order valence-corrected chi connectivity index (χ0v) is 9.59. The molecule has 1 atom stereocenters. The van der Waals surface area contributed by atoms with E-state index in [2.05, 4.69) is 36.2 Å². The molecular formula is C8H9BrN6. The molecule has 0 fully saturated rings. The van der Waals surface area contributed by atoms with Crippen LogP contribution in [0.2, 0.25) is 0 Å². The molecular weight excluding hydrogens is 260 g/mol. The highest BCUT2D eigenvalue weighted by molar-refractivity contribution is 9.10. The second-order valence-electron chi connectivity index (χ2n) is 2.97. The fraction of sp³-hybridized carbons (Fsp3) is 0.250. The normalized spacial score (nSPS) is 12.7. The average Bonchev–Trinajstić information content (AvgIpc) is 2.59. The second-order valence-corrected chi connectivity index (χ2v) is 3.72. The molecule has 0 saturated heterocycles. The van der Waals surface area contributed by atoms with Gasteiger partial charge < -0.3 is 5.73 Å². The van der Waals surface area contributed by atoms with E-state index in [1.54, 1.807) is 30.2 Å². The molecule has 0 spiro atoms. The van der Waals surface area contributed by atoms with Gasteiger partial charge in [-0.15, -0.1) is 5.10 Å². The quantitative estimate of drug-likeness (QED) is 0.854. The Kier molecular flexibility index (Phi) is 2.74. The topological polar surface area (TPSA) is 82.5 Å². The molecule has 15 heavy (non-hydrogen) atoms. The minimum Gasteiger partial charge on any atom is -0.316 e. The number of nitrogens with two attached hydrogens (primary N) is 1. The van der Waals surface area contributed by atoms with Crippen molar-refractivity contribution < 1.29 is 0 Å². The summed E-state index contributed by atoms with van der Waals surface area (Å²) in [6, 6.07) is 1.31. The van der Waals surface area contributed by atoms with E-state index in [1.807, 2.05) is 0 Å². The Balaban J connectivity index is 2.41. The van der Waals surface area contributed by atoms with Gasteiger partial charge in [-0.1, -0.05) is 5.21 Å². The number of hydrogen-bond acceptors (Lipinski definition) is 5. The fourth-order valence-corrected chi connectivity index (χ4v) is 1.84. The molecule has 0 aliphatic rings. The third-order valence-corrected chi connectivity index (χ3v) is 2.55. The molecule has 0 amide bonds. The van der Waals surface area contributed by atoms with Gasteiger partial charge in [-0.2, -0.15) is 0 Å². The lowest BCUT2D eigenvalue weighted by molar-refractivity contribution is 0.634. The van der Waals surface area contributed by atoms with E-state index < -0.39 is 6.04 Å². The molecule has 0 bridgehead atoms. The maximum atomic E-state index is 6.01. The molecule has 1 unspecified atom stereocenters. The monoisotopic (exact) mass is 268 g/mol. The molecule has 0 saturated carbocycles. The summed E-state index contributed by atoms with van der Waals surface area (Å²) in [4.78, 5) is 8.18. The molecule has 0 aliphatic heterocycles. The van der Waals surface area contributed by atoms with Crippen molar-refractivity contribution in [2.45, 2.75) is 6.04 Å². The van der Waals surface area contributed by atoms with Crippen molar-refractivity contribution in [2.75, 3.05) is 0 Å². The largest absolute Gasteiger partial charge is 0.316 e. The molecule has 2 aromatic rings. The van der Waals surface area contributed by atoms with Gasteiger partial charge in [0.05, 0.1) is 5.69 Å². The van der Waals surface area contributed by atoms with E-state index in [4.69, 9.17) is 5.73 Å². The number of nitrogens with zero attached hydrogens (tertiary/aromatic N) is 5. The first kappa shape index (κ1) is 10.2. The lowest BCUT2D eigenvalue weighted by Crippen LogP contribution is -2.18. The van der Waals surface area contributed by atoms with Crippen LogP contribution in [0.1, 0.15) is 17.6 Å². The second kappa shape index (κ2) is 4.03. The van der Waals surface area contributed by atoms with E-state index >= 15 is 0 Å². The summed E-state index contributed by atoms with van der Waals surface area (Å²) >= 11 is 3.28. The van der Waals surface area contributed by atoms with Crippen molar-refractivity contribution in [3.8, 4) is 0 Å². The smallest absolute Gasteiger partial charge is 0.153 e. The Morgan fingerprint density at radius 3 is 2.60 bits per heavy atom. The molecule has 7 heteroatoms. The molecule has 2 N–H and O–H groups in total. The predicted octanol–water partition coefficient (Wildman–Crippen LogP) is 0.416. The standard InChI is InChI=1S/C8H9BrN6/c1-15-6(7(9)13-14-15)5(10)8-11-3-2-4-12-8/h2-5H,10H2,1H3. The Morgan fingerprint density at radius 1 is 1.40 bits per heavy atom. The first-order valence-electron chi connectivity index (χ1n) is 4.27. The number of halogens is 1. The third-order valence-electron chi connectivity index (χ3n) is 1.99. The van der Waals surface area contributed by atoms with E-state index in [9.17, 15) is 0 Å². The lowest BCUT2D eigenvalue weighted by atomic mass is 10.2. The summed E-state index contributed by atoms with van der Waals surface area (Å²) < 4.78 is 2.22. The zero-order chi connectivity index (χ0) is 10.8. The minimum atomic E-state index is -0.430. The Labute approximate surface area is 94.7 Å². The van der Waals surface area contributed by atoms with Gasteiger partial charge in [-0.3, -0.25) is 0 Å². The summed E-state index contributed by atoms with van der Waals surface area (Å²) in [7, 11) is 1.77. The van der Waals surface area contributed by atoms with E-state index in [0.717, 1.165) is 5.69 Å². The van der Waals surface area contributed by atoms with Crippen LogP contribution >= 0.6 is 15.9 Å². The molecule has 2 aromatic heterocycles. The van der Waals surface area contributed by atoms with Crippen molar-refractivity contribution >= 4 is 15.9 Å². The molecule has 2 heterocycles. The zero-order valence-electron chi connectivity index (χ0n) is 8.00. The van der Waals surface area contributed by atoms with Crippen molar-refractivity contribution in [2.24, 2.45) is 12.8 Å². The molecule has 0 aliphatic carbocycles. The summed E-state index contributed by atoms with van der Waals surface area (Å²) in [5.74, 6) is 0.545. The van der Waals surface area contributed by atoms with Crippen molar-refractivity contribution in [1.82, 2.24) is 25.0 Å².